The van der Waals surface area contributed by atoms with Crippen LogP contribution < -0.4 is 5.32 Å². The number of nitrogens with one attached hydrogen (secondary N) is 1. The second-order valence-corrected chi connectivity index (χ2v) is 5.40. The molecule has 0 fully saturated rings. The zero-order chi connectivity index (χ0) is 13.1. The van der Waals surface area contributed by atoms with Gasteiger partial charge in [-0.1, -0.05) is 20.8 Å². The van der Waals surface area contributed by atoms with Crippen molar-refractivity contribution in [3.63, 3.8) is 0 Å². The molecule has 1 heterocycles. The van der Waals surface area contributed by atoms with Gasteiger partial charge < -0.3 is 10.2 Å². The first kappa shape index (κ1) is 13.5. The number of hydrogen-bond acceptors (Lipinski definition) is 3. The zero-order valence-electron chi connectivity index (χ0n) is 11.2. The molecule has 94 valence electrons. The van der Waals surface area contributed by atoms with Crippen molar-refractivity contribution in [1.29, 1.82) is 0 Å². The SMILES string of the molecule is CNc1ccc(C(=O)N(C)CC(C)(C)C)nc1. The molecule has 0 spiro atoms. The Morgan fingerprint density at radius 3 is 2.47 bits per heavy atom. The van der Waals surface area contributed by atoms with Crippen LogP contribution in [0.25, 0.3) is 0 Å². The minimum absolute atomic E-state index is 0.0393. The van der Waals surface area contributed by atoms with Crippen LogP contribution in [0.5, 0.6) is 0 Å². The number of rotatable bonds is 3. The summed E-state index contributed by atoms with van der Waals surface area (Å²) in [5.74, 6) is -0.0393. The number of amides is 1. The Labute approximate surface area is 103 Å². The van der Waals surface area contributed by atoms with E-state index in [9.17, 15) is 4.79 Å². The molecule has 0 atom stereocenters. The van der Waals surface area contributed by atoms with E-state index in [1.807, 2.05) is 13.1 Å². The molecule has 0 aliphatic carbocycles. The summed E-state index contributed by atoms with van der Waals surface area (Å²) < 4.78 is 0. The Morgan fingerprint density at radius 2 is 2.06 bits per heavy atom. The van der Waals surface area contributed by atoms with Gasteiger partial charge in [0.1, 0.15) is 5.69 Å². The maximum Gasteiger partial charge on any atom is 0.272 e. The summed E-state index contributed by atoms with van der Waals surface area (Å²) in [6, 6.07) is 3.60. The van der Waals surface area contributed by atoms with Crippen LogP contribution in [0.3, 0.4) is 0 Å². The summed E-state index contributed by atoms with van der Waals surface area (Å²) in [7, 11) is 3.63. The highest BCUT2D eigenvalue weighted by Crippen LogP contribution is 2.15. The molecule has 1 amide bonds. The fourth-order valence-electron chi connectivity index (χ4n) is 1.65. The van der Waals surface area contributed by atoms with Crippen LogP contribution in [0.2, 0.25) is 0 Å². The normalized spacial score (nSPS) is 11.1. The summed E-state index contributed by atoms with van der Waals surface area (Å²) in [5.41, 5.74) is 1.48. The lowest BCUT2D eigenvalue weighted by Gasteiger charge is -2.26. The quantitative estimate of drug-likeness (QED) is 0.874. The van der Waals surface area contributed by atoms with Crippen molar-refractivity contribution in [3.05, 3.63) is 24.0 Å². The number of carbonyl (C=O) groups excluding carboxylic acids is 1. The lowest BCUT2D eigenvalue weighted by Crippen LogP contribution is -2.34. The molecule has 4 heteroatoms. The largest absolute Gasteiger partial charge is 0.387 e. The first-order valence-electron chi connectivity index (χ1n) is 5.73. The van der Waals surface area contributed by atoms with Gasteiger partial charge in [-0.25, -0.2) is 4.98 Å². The molecule has 1 aromatic rings. The van der Waals surface area contributed by atoms with E-state index in [1.54, 1.807) is 24.2 Å². The highest BCUT2D eigenvalue weighted by atomic mass is 16.2. The first-order chi connectivity index (χ1) is 7.83. The monoisotopic (exact) mass is 235 g/mol. The Hall–Kier alpha value is -1.58. The maximum atomic E-state index is 12.1. The summed E-state index contributed by atoms with van der Waals surface area (Å²) in [5, 5.41) is 2.97. The van der Waals surface area contributed by atoms with Gasteiger partial charge in [-0.2, -0.15) is 0 Å². The van der Waals surface area contributed by atoms with Gasteiger partial charge >= 0.3 is 0 Å². The van der Waals surface area contributed by atoms with E-state index in [2.05, 4.69) is 31.1 Å². The smallest absolute Gasteiger partial charge is 0.272 e. The Kier molecular flexibility index (Phi) is 4.10. The topological polar surface area (TPSA) is 45.2 Å². The van der Waals surface area contributed by atoms with E-state index >= 15 is 0 Å². The van der Waals surface area contributed by atoms with Gasteiger partial charge in [0.05, 0.1) is 11.9 Å². The second-order valence-electron chi connectivity index (χ2n) is 5.40. The molecule has 1 N–H and O–H groups in total. The van der Waals surface area contributed by atoms with E-state index in [-0.39, 0.29) is 11.3 Å². The summed E-state index contributed by atoms with van der Waals surface area (Å²) in [4.78, 5) is 17.9. The van der Waals surface area contributed by atoms with Crippen molar-refractivity contribution >= 4 is 11.6 Å². The van der Waals surface area contributed by atoms with Gasteiger partial charge in [-0.05, 0) is 17.5 Å². The van der Waals surface area contributed by atoms with Gasteiger partial charge in [0.2, 0.25) is 0 Å². The molecule has 0 aliphatic rings. The van der Waals surface area contributed by atoms with Crippen molar-refractivity contribution < 1.29 is 4.79 Å². The molecule has 0 saturated heterocycles. The van der Waals surface area contributed by atoms with Crippen LogP contribution in [0.4, 0.5) is 5.69 Å². The van der Waals surface area contributed by atoms with Gasteiger partial charge in [-0.3, -0.25) is 4.79 Å². The Bertz CT molecular complexity index is 379. The number of carbonyl (C=O) groups is 1. The van der Waals surface area contributed by atoms with Crippen molar-refractivity contribution in [2.24, 2.45) is 5.41 Å². The molecule has 0 aromatic carbocycles. The standard InChI is InChI=1S/C13H21N3O/c1-13(2,3)9-16(5)12(17)11-7-6-10(14-4)8-15-11/h6-8,14H,9H2,1-5H3. The molecular weight excluding hydrogens is 214 g/mol. The van der Waals surface area contributed by atoms with E-state index in [0.717, 1.165) is 5.69 Å². The number of pyridine rings is 1. The fraction of sp³-hybridized carbons (Fsp3) is 0.538. The number of nitrogens with zero attached hydrogens (tertiary/aromatic N) is 2. The summed E-state index contributed by atoms with van der Waals surface area (Å²) >= 11 is 0. The van der Waals surface area contributed by atoms with Crippen LogP contribution in [0, 0.1) is 5.41 Å². The molecule has 1 rings (SSSR count). The third-order valence-corrected chi connectivity index (χ3v) is 2.33. The van der Waals surface area contributed by atoms with E-state index in [0.29, 0.717) is 12.2 Å². The van der Waals surface area contributed by atoms with Crippen molar-refractivity contribution in [1.82, 2.24) is 9.88 Å². The summed E-state index contributed by atoms with van der Waals surface area (Å²) in [6.45, 7) is 7.03. The van der Waals surface area contributed by atoms with Crippen molar-refractivity contribution in [3.8, 4) is 0 Å². The van der Waals surface area contributed by atoms with Gasteiger partial charge in [0.25, 0.3) is 5.91 Å². The maximum absolute atomic E-state index is 12.1. The predicted molar refractivity (Wildman–Crippen MR) is 70.2 cm³/mol. The lowest BCUT2D eigenvalue weighted by atomic mass is 9.96. The number of aromatic nitrogens is 1. The lowest BCUT2D eigenvalue weighted by molar-refractivity contribution is 0.0740. The molecule has 0 aliphatic heterocycles. The number of anilines is 1. The Balaban J connectivity index is 2.75. The molecule has 0 unspecified atom stereocenters. The molecule has 0 saturated carbocycles. The highest BCUT2D eigenvalue weighted by molar-refractivity contribution is 5.92. The van der Waals surface area contributed by atoms with Crippen LogP contribution in [0.1, 0.15) is 31.3 Å². The summed E-state index contributed by atoms with van der Waals surface area (Å²) in [6.07, 6.45) is 1.66. The average molecular weight is 235 g/mol. The van der Waals surface area contributed by atoms with E-state index in [1.165, 1.54) is 0 Å². The fourth-order valence-corrected chi connectivity index (χ4v) is 1.65. The first-order valence-corrected chi connectivity index (χ1v) is 5.73. The molecule has 17 heavy (non-hydrogen) atoms. The van der Waals surface area contributed by atoms with E-state index < -0.39 is 0 Å². The Morgan fingerprint density at radius 1 is 1.41 bits per heavy atom. The van der Waals surface area contributed by atoms with Crippen LogP contribution in [0.15, 0.2) is 18.3 Å². The predicted octanol–water partition coefficient (Wildman–Crippen LogP) is 2.24. The van der Waals surface area contributed by atoms with Crippen molar-refractivity contribution in [2.75, 3.05) is 26.0 Å². The third-order valence-electron chi connectivity index (χ3n) is 2.33. The third kappa shape index (κ3) is 4.06. The zero-order valence-corrected chi connectivity index (χ0v) is 11.2. The molecular formula is C13H21N3O. The van der Waals surface area contributed by atoms with E-state index in [4.69, 9.17) is 0 Å². The minimum atomic E-state index is -0.0393. The van der Waals surface area contributed by atoms with Crippen molar-refractivity contribution in [2.45, 2.75) is 20.8 Å². The van der Waals surface area contributed by atoms with Crippen LogP contribution >= 0.6 is 0 Å². The second kappa shape index (κ2) is 5.17. The molecule has 0 radical (unpaired) electrons. The molecule has 1 aromatic heterocycles. The van der Waals surface area contributed by atoms with Crippen LogP contribution in [-0.4, -0.2) is 36.4 Å². The number of hydrogen-bond donors (Lipinski definition) is 1. The van der Waals surface area contributed by atoms with Gasteiger partial charge in [-0.15, -0.1) is 0 Å². The highest BCUT2D eigenvalue weighted by Gasteiger charge is 2.19. The van der Waals surface area contributed by atoms with Crippen LogP contribution in [-0.2, 0) is 0 Å². The molecule has 4 nitrogen and oxygen atoms in total. The van der Waals surface area contributed by atoms with Gasteiger partial charge in [0.15, 0.2) is 0 Å². The average Bonchev–Trinajstić information content (AvgIpc) is 2.26. The van der Waals surface area contributed by atoms with Gasteiger partial charge in [0, 0.05) is 20.6 Å². The molecule has 0 bridgehead atoms. The minimum Gasteiger partial charge on any atom is -0.387 e.